The molecule has 3 nitrogen and oxygen atoms in total. The number of anilines is 1. The van der Waals surface area contributed by atoms with Crippen molar-refractivity contribution in [1.82, 2.24) is 5.32 Å². The zero-order valence-corrected chi connectivity index (χ0v) is 13.0. The van der Waals surface area contributed by atoms with Gasteiger partial charge in [-0.25, -0.2) is 0 Å². The maximum Gasteiger partial charge on any atom is 0.418 e. The number of halogens is 4. The molecule has 1 fully saturated rings. The smallest absolute Gasteiger partial charge is 0.398 e. The quantitative estimate of drug-likeness (QED) is 0.718. The molecule has 1 aliphatic carbocycles. The minimum Gasteiger partial charge on any atom is -0.398 e. The third-order valence-electron chi connectivity index (χ3n) is 3.76. The lowest BCUT2D eigenvalue weighted by atomic mass is 9.93. The molecule has 0 bridgehead atoms. The molecular formula is C14H18BrF3N2O. The van der Waals surface area contributed by atoms with Crippen molar-refractivity contribution in [3.05, 3.63) is 27.7 Å². The molecule has 4 N–H and O–H groups in total. The monoisotopic (exact) mass is 366 g/mol. The highest BCUT2D eigenvalue weighted by Gasteiger charge is 2.34. The summed E-state index contributed by atoms with van der Waals surface area (Å²) in [5, 5.41) is 12.8. The first-order chi connectivity index (χ1) is 9.77. The Hall–Kier alpha value is -0.790. The number of benzene rings is 1. The van der Waals surface area contributed by atoms with Crippen LogP contribution in [0.1, 0.15) is 36.8 Å². The van der Waals surface area contributed by atoms with Gasteiger partial charge in [-0.3, -0.25) is 0 Å². The van der Waals surface area contributed by atoms with Crippen LogP contribution in [0.5, 0.6) is 0 Å². The van der Waals surface area contributed by atoms with Gasteiger partial charge in [0.15, 0.2) is 0 Å². The number of rotatable bonds is 3. The van der Waals surface area contributed by atoms with Gasteiger partial charge < -0.3 is 16.2 Å². The summed E-state index contributed by atoms with van der Waals surface area (Å²) in [7, 11) is 0. The zero-order chi connectivity index (χ0) is 15.6. The minimum atomic E-state index is -4.47. The van der Waals surface area contributed by atoms with E-state index in [2.05, 4.69) is 21.2 Å². The standard InChI is InChI=1S/C14H18BrF3N2O/c15-9-4-8(13(19)12(5-9)14(16,17)18)7-20-10-2-1-3-11(21)6-10/h4-5,10-11,20-21H,1-3,6-7,19H2/t10-,11+/m1/s1. The van der Waals surface area contributed by atoms with E-state index in [1.54, 1.807) is 6.07 Å². The fourth-order valence-corrected chi connectivity index (χ4v) is 3.16. The van der Waals surface area contributed by atoms with Crippen LogP contribution in [0.15, 0.2) is 16.6 Å². The van der Waals surface area contributed by atoms with E-state index >= 15 is 0 Å². The van der Waals surface area contributed by atoms with Gasteiger partial charge in [0.05, 0.1) is 11.7 Å². The first-order valence-corrected chi connectivity index (χ1v) is 7.63. The van der Waals surface area contributed by atoms with Gasteiger partial charge in [0, 0.05) is 22.7 Å². The highest BCUT2D eigenvalue weighted by molar-refractivity contribution is 9.10. The number of hydrogen-bond donors (Lipinski definition) is 3. The predicted octanol–water partition coefficient (Wildman–Crippen LogP) is 3.44. The number of aliphatic hydroxyl groups is 1. The molecule has 0 amide bonds. The Balaban J connectivity index is 2.11. The number of nitrogens with two attached hydrogens (primary N) is 1. The van der Waals surface area contributed by atoms with E-state index in [4.69, 9.17) is 5.73 Å². The van der Waals surface area contributed by atoms with Gasteiger partial charge in [0.25, 0.3) is 0 Å². The van der Waals surface area contributed by atoms with Gasteiger partial charge in [0.1, 0.15) is 0 Å². The maximum atomic E-state index is 12.9. The van der Waals surface area contributed by atoms with Gasteiger partial charge in [-0.1, -0.05) is 15.9 Å². The van der Waals surface area contributed by atoms with Crippen LogP contribution in [-0.2, 0) is 12.7 Å². The molecule has 1 aromatic carbocycles. The summed E-state index contributed by atoms with van der Waals surface area (Å²) in [4.78, 5) is 0. The zero-order valence-electron chi connectivity index (χ0n) is 11.4. The number of nitrogens with one attached hydrogen (secondary N) is 1. The summed E-state index contributed by atoms with van der Waals surface area (Å²) in [5.74, 6) is 0. The van der Waals surface area contributed by atoms with Crippen molar-refractivity contribution < 1.29 is 18.3 Å². The van der Waals surface area contributed by atoms with Crippen molar-refractivity contribution in [1.29, 1.82) is 0 Å². The Kier molecular flexibility index (Phi) is 5.16. The molecule has 2 atom stereocenters. The second-order valence-corrected chi connectivity index (χ2v) is 6.34. The van der Waals surface area contributed by atoms with Crippen LogP contribution in [0.2, 0.25) is 0 Å². The van der Waals surface area contributed by atoms with Crippen molar-refractivity contribution in [3.63, 3.8) is 0 Å². The molecule has 0 aromatic heterocycles. The minimum absolute atomic E-state index is 0.112. The van der Waals surface area contributed by atoms with Crippen LogP contribution in [0.25, 0.3) is 0 Å². The second kappa shape index (κ2) is 6.54. The number of hydrogen-bond acceptors (Lipinski definition) is 3. The van der Waals surface area contributed by atoms with E-state index in [9.17, 15) is 18.3 Å². The van der Waals surface area contributed by atoms with Crippen LogP contribution >= 0.6 is 15.9 Å². The van der Waals surface area contributed by atoms with Crippen LogP contribution in [0.3, 0.4) is 0 Å². The van der Waals surface area contributed by atoms with Crippen molar-refractivity contribution in [3.8, 4) is 0 Å². The van der Waals surface area contributed by atoms with Gasteiger partial charge >= 0.3 is 6.18 Å². The Morgan fingerprint density at radius 3 is 2.67 bits per heavy atom. The van der Waals surface area contributed by atoms with Gasteiger partial charge in [-0.05, 0) is 43.4 Å². The Bertz CT molecular complexity index is 508. The van der Waals surface area contributed by atoms with Crippen molar-refractivity contribution in [2.75, 3.05) is 5.73 Å². The average molecular weight is 367 g/mol. The lowest BCUT2D eigenvalue weighted by Gasteiger charge is -2.27. The Labute approximate surface area is 129 Å². The molecule has 0 aliphatic heterocycles. The van der Waals surface area contributed by atoms with Crippen LogP contribution < -0.4 is 11.1 Å². The molecule has 1 saturated carbocycles. The highest BCUT2D eigenvalue weighted by Crippen LogP contribution is 2.37. The lowest BCUT2D eigenvalue weighted by Crippen LogP contribution is -2.35. The first-order valence-electron chi connectivity index (χ1n) is 6.84. The molecule has 118 valence electrons. The third-order valence-corrected chi connectivity index (χ3v) is 4.22. The third kappa shape index (κ3) is 4.34. The van der Waals surface area contributed by atoms with Crippen LogP contribution in [0, 0.1) is 0 Å². The van der Waals surface area contributed by atoms with Crippen LogP contribution in [-0.4, -0.2) is 17.3 Å². The summed E-state index contributed by atoms with van der Waals surface area (Å²) >= 11 is 3.09. The Morgan fingerprint density at radius 2 is 2.05 bits per heavy atom. The van der Waals surface area contributed by atoms with E-state index in [1.165, 1.54) is 0 Å². The molecule has 0 saturated heterocycles. The van der Waals surface area contributed by atoms with E-state index in [0.29, 0.717) is 16.5 Å². The molecule has 2 rings (SSSR count). The molecule has 0 heterocycles. The van der Waals surface area contributed by atoms with Crippen molar-refractivity contribution >= 4 is 21.6 Å². The molecule has 1 aliphatic rings. The predicted molar refractivity (Wildman–Crippen MR) is 78.7 cm³/mol. The lowest BCUT2D eigenvalue weighted by molar-refractivity contribution is -0.137. The van der Waals surface area contributed by atoms with E-state index in [-0.39, 0.29) is 24.4 Å². The number of nitrogen functional groups attached to an aromatic ring is 1. The van der Waals surface area contributed by atoms with Crippen LogP contribution in [0.4, 0.5) is 18.9 Å². The molecule has 0 unspecified atom stereocenters. The first kappa shape index (κ1) is 16.6. The SMILES string of the molecule is Nc1c(CN[C@@H]2CCC[C@H](O)C2)cc(Br)cc1C(F)(F)F. The average Bonchev–Trinajstić information content (AvgIpc) is 2.38. The van der Waals surface area contributed by atoms with Crippen molar-refractivity contribution in [2.24, 2.45) is 0 Å². The largest absolute Gasteiger partial charge is 0.418 e. The van der Waals surface area contributed by atoms with Gasteiger partial charge in [0.2, 0.25) is 0 Å². The van der Waals surface area contributed by atoms with Gasteiger partial charge in [-0.2, -0.15) is 13.2 Å². The summed E-state index contributed by atoms with van der Waals surface area (Å²) in [6.45, 7) is 0.256. The molecule has 21 heavy (non-hydrogen) atoms. The summed E-state index contributed by atoms with van der Waals surface area (Å²) < 4.78 is 39.1. The number of alkyl halides is 3. The van der Waals surface area contributed by atoms with E-state index in [1.807, 2.05) is 0 Å². The fourth-order valence-electron chi connectivity index (χ4n) is 2.66. The molecular weight excluding hydrogens is 349 g/mol. The van der Waals surface area contributed by atoms with E-state index < -0.39 is 11.7 Å². The van der Waals surface area contributed by atoms with Crippen molar-refractivity contribution in [2.45, 2.75) is 50.6 Å². The van der Waals surface area contributed by atoms with E-state index in [0.717, 1.165) is 25.3 Å². The molecule has 7 heteroatoms. The fraction of sp³-hybridized carbons (Fsp3) is 0.571. The molecule has 0 spiro atoms. The summed E-state index contributed by atoms with van der Waals surface area (Å²) in [6, 6.07) is 2.70. The second-order valence-electron chi connectivity index (χ2n) is 5.42. The summed E-state index contributed by atoms with van der Waals surface area (Å²) in [6.07, 6.45) is -1.56. The summed E-state index contributed by atoms with van der Waals surface area (Å²) in [5.41, 5.74) is 5.00. The molecule has 0 radical (unpaired) electrons. The Morgan fingerprint density at radius 1 is 1.33 bits per heavy atom. The molecule has 1 aromatic rings. The normalized spacial score (nSPS) is 23.3. The highest BCUT2D eigenvalue weighted by atomic mass is 79.9. The topological polar surface area (TPSA) is 58.3 Å². The maximum absolute atomic E-state index is 12.9. The number of aliphatic hydroxyl groups excluding tert-OH is 1. The van der Waals surface area contributed by atoms with Gasteiger partial charge in [-0.15, -0.1) is 0 Å².